The minimum absolute atomic E-state index is 0.0465. The number of rotatable bonds is 6. The molecule has 0 radical (unpaired) electrons. The largest absolute Gasteiger partial charge is 0.480 e. The molecule has 1 aromatic carbocycles. The predicted molar refractivity (Wildman–Crippen MR) is 95.2 cm³/mol. The van der Waals surface area contributed by atoms with E-state index in [1.165, 1.54) is 0 Å². The van der Waals surface area contributed by atoms with E-state index in [1.54, 1.807) is 24.3 Å². The van der Waals surface area contributed by atoms with Crippen LogP contribution in [0.5, 0.6) is 0 Å². The van der Waals surface area contributed by atoms with Crippen LogP contribution in [0, 0.1) is 11.3 Å². The van der Waals surface area contributed by atoms with Crippen LogP contribution >= 0.6 is 0 Å². The third kappa shape index (κ3) is 6.21. The van der Waals surface area contributed by atoms with Gasteiger partial charge in [0.05, 0.1) is 6.42 Å². The van der Waals surface area contributed by atoms with Crippen molar-refractivity contribution < 1.29 is 19.5 Å². The molecule has 3 N–H and O–H groups in total. The summed E-state index contributed by atoms with van der Waals surface area (Å²) in [5.41, 5.74) is 1.69. The maximum Gasteiger partial charge on any atom is 0.322 e. The minimum Gasteiger partial charge on any atom is -0.480 e. The highest BCUT2D eigenvalue weighted by Crippen LogP contribution is 2.38. The molecule has 1 aliphatic rings. The van der Waals surface area contributed by atoms with Gasteiger partial charge in [0, 0.05) is 11.6 Å². The number of aliphatic carboxylic acids is 1. The summed E-state index contributed by atoms with van der Waals surface area (Å²) >= 11 is 0. The second-order valence-electron chi connectivity index (χ2n) is 7.49. The molecule has 136 valence electrons. The first-order valence-corrected chi connectivity index (χ1v) is 8.63. The summed E-state index contributed by atoms with van der Waals surface area (Å²) in [5, 5.41) is 13.8. The number of carboxylic acid groups (broad SMARTS) is 1. The van der Waals surface area contributed by atoms with Crippen LogP contribution in [0.25, 0.3) is 0 Å². The summed E-state index contributed by atoms with van der Waals surface area (Å²) < 4.78 is 0. The third-order valence-electron chi connectivity index (χ3n) is 4.60. The lowest BCUT2D eigenvalue weighted by molar-refractivity contribution is -0.137. The van der Waals surface area contributed by atoms with Crippen molar-refractivity contribution in [3.05, 3.63) is 29.8 Å². The van der Waals surface area contributed by atoms with Gasteiger partial charge in [-0.1, -0.05) is 32.4 Å². The van der Waals surface area contributed by atoms with E-state index in [-0.39, 0.29) is 36.1 Å². The van der Waals surface area contributed by atoms with E-state index in [0.717, 1.165) is 31.2 Å². The van der Waals surface area contributed by atoms with Crippen LogP contribution in [0.4, 0.5) is 5.69 Å². The van der Waals surface area contributed by atoms with E-state index in [9.17, 15) is 14.4 Å². The number of carbonyl (C=O) groups excluding carboxylic acids is 2. The number of anilines is 1. The second kappa shape index (κ2) is 8.14. The average molecular weight is 346 g/mol. The van der Waals surface area contributed by atoms with E-state index < -0.39 is 5.97 Å². The standard InChI is InChI=1S/C19H26N2O4/c1-19(2)9-3-4-14(11-19)18(25)21-15-7-5-13(6-8-15)10-16(22)20-12-17(23)24/h5-8,14H,3-4,9-12H2,1-2H3,(H,20,22)(H,21,25)(H,23,24). The van der Waals surface area contributed by atoms with Gasteiger partial charge in [-0.25, -0.2) is 0 Å². The van der Waals surface area contributed by atoms with Gasteiger partial charge in [-0.05, 0) is 42.4 Å². The van der Waals surface area contributed by atoms with Crippen LogP contribution in [-0.2, 0) is 20.8 Å². The number of carboxylic acids is 1. The molecule has 1 fully saturated rings. The molecule has 1 atom stereocenters. The molecule has 2 rings (SSSR count). The molecule has 25 heavy (non-hydrogen) atoms. The van der Waals surface area contributed by atoms with Crippen molar-refractivity contribution in [1.82, 2.24) is 5.32 Å². The first-order chi connectivity index (χ1) is 11.7. The Morgan fingerprint density at radius 1 is 1.20 bits per heavy atom. The smallest absolute Gasteiger partial charge is 0.322 e. The SMILES string of the molecule is CC1(C)CCCC(C(=O)Nc2ccc(CC(=O)NCC(=O)O)cc2)C1. The molecule has 0 bridgehead atoms. The van der Waals surface area contributed by atoms with Crippen molar-refractivity contribution >= 4 is 23.5 Å². The average Bonchev–Trinajstić information content (AvgIpc) is 2.54. The van der Waals surface area contributed by atoms with Crippen molar-refractivity contribution in [2.75, 3.05) is 11.9 Å². The van der Waals surface area contributed by atoms with E-state index in [4.69, 9.17) is 5.11 Å². The zero-order valence-electron chi connectivity index (χ0n) is 14.8. The van der Waals surface area contributed by atoms with Crippen molar-refractivity contribution in [2.45, 2.75) is 46.0 Å². The fourth-order valence-corrected chi connectivity index (χ4v) is 3.29. The predicted octanol–water partition coefficient (Wildman–Crippen LogP) is 2.58. The number of hydrogen-bond donors (Lipinski definition) is 3. The van der Waals surface area contributed by atoms with E-state index in [2.05, 4.69) is 24.5 Å². The van der Waals surface area contributed by atoms with Gasteiger partial charge in [0.25, 0.3) is 0 Å². The molecular weight excluding hydrogens is 320 g/mol. The fourth-order valence-electron chi connectivity index (χ4n) is 3.29. The Labute approximate surface area is 148 Å². The molecular formula is C19H26N2O4. The van der Waals surface area contributed by atoms with Crippen molar-refractivity contribution in [3.8, 4) is 0 Å². The molecule has 6 heteroatoms. The summed E-state index contributed by atoms with van der Waals surface area (Å²) in [7, 11) is 0. The maximum atomic E-state index is 12.4. The lowest BCUT2D eigenvalue weighted by Gasteiger charge is -2.34. The van der Waals surface area contributed by atoms with Gasteiger partial charge < -0.3 is 15.7 Å². The van der Waals surface area contributed by atoms with Crippen LogP contribution in [0.2, 0.25) is 0 Å². The van der Waals surface area contributed by atoms with Crippen LogP contribution in [0.1, 0.15) is 45.1 Å². The van der Waals surface area contributed by atoms with Crippen LogP contribution in [0.3, 0.4) is 0 Å². The third-order valence-corrected chi connectivity index (χ3v) is 4.60. The molecule has 0 aliphatic heterocycles. The molecule has 0 aromatic heterocycles. The Bertz CT molecular complexity index is 637. The zero-order valence-corrected chi connectivity index (χ0v) is 14.8. The summed E-state index contributed by atoms with van der Waals surface area (Å²) in [5.74, 6) is -1.31. The first kappa shape index (κ1) is 19.0. The van der Waals surface area contributed by atoms with Gasteiger partial charge in [0.15, 0.2) is 0 Å². The normalized spacial score (nSPS) is 19.0. The Morgan fingerprint density at radius 2 is 1.88 bits per heavy atom. The Kier molecular flexibility index (Phi) is 6.17. The van der Waals surface area contributed by atoms with E-state index >= 15 is 0 Å². The lowest BCUT2D eigenvalue weighted by Crippen LogP contribution is -2.31. The summed E-state index contributed by atoms with van der Waals surface area (Å²) in [4.78, 5) is 34.5. The minimum atomic E-state index is -1.07. The zero-order chi connectivity index (χ0) is 18.4. The monoisotopic (exact) mass is 346 g/mol. The van der Waals surface area contributed by atoms with Crippen molar-refractivity contribution in [1.29, 1.82) is 0 Å². The van der Waals surface area contributed by atoms with Gasteiger partial charge in [0.2, 0.25) is 11.8 Å². The molecule has 1 unspecified atom stereocenters. The molecule has 2 amide bonds. The summed E-state index contributed by atoms with van der Waals surface area (Å²) in [6, 6.07) is 7.07. The van der Waals surface area contributed by atoms with Crippen molar-refractivity contribution in [3.63, 3.8) is 0 Å². The van der Waals surface area contributed by atoms with E-state index in [1.807, 2.05) is 0 Å². The lowest BCUT2D eigenvalue weighted by atomic mass is 9.72. The van der Waals surface area contributed by atoms with Crippen LogP contribution in [0.15, 0.2) is 24.3 Å². The maximum absolute atomic E-state index is 12.4. The number of amides is 2. The van der Waals surface area contributed by atoms with Gasteiger partial charge >= 0.3 is 5.97 Å². The Hall–Kier alpha value is -2.37. The van der Waals surface area contributed by atoms with Crippen molar-refractivity contribution in [2.24, 2.45) is 11.3 Å². The molecule has 6 nitrogen and oxygen atoms in total. The summed E-state index contributed by atoms with van der Waals surface area (Å²) in [6.45, 7) is 4.03. The second-order valence-corrected chi connectivity index (χ2v) is 7.49. The highest BCUT2D eigenvalue weighted by Gasteiger charge is 2.31. The Morgan fingerprint density at radius 3 is 2.48 bits per heavy atom. The number of hydrogen-bond acceptors (Lipinski definition) is 3. The number of nitrogens with one attached hydrogen (secondary N) is 2. The first-order valence-electron chi connectivity index (χ1n) is 8.63. The number of benzene rings is 1. The van der Waals surface area contributed by atoms with Crippen LogP contribution < -0.4 is 10.6 Å². The highest BCUT2D eigenvalue weighted by molar-refractivity contribution is 5.92. The van der Waals surface area contributed by atoms with Crippen LogP contribution in [-0.4, -0.2) is 29.4 Å². The molecule has 0 saturated heterocycles. The molecule has 1 aliphatic carbocycles. The van der Waals surface area contributed by atoms with Gasteiger partial charge in [0.1, 0.15) is 6.54 Å². The number of carbonyl (C=O) groups is 3. The Balaban J connectivity index is 1.86. The fraction of sp³-hybridized carbons (Fsp3) is 0.526. The van der Waals surface area contributed by atoms with Gasteiger partial charge in [-0.3, -0.25) is 14.4 Å². The highest BCUT2D eigenvalue weighted by atomic mass is 16.4. The quantitative estimate of drug-likeness (QED) is 0.738. The van der Waals surface area contributed by atoms with E-state index in [0.29, 0.717) is 5.69 Å². The summed E-state index contributed by atoms with van der Waals surface area (Å²) in [6.07, 6.45) is 4.18. The topological polar surface area (TPSA) is 95.5 Å². The van der Waals surface area contributed by atoms with Gasteiger partial charge in [-0.15, -0.1) is 0 Å². The molecule has 0 heterocycles. The van der Waals surface area contributed by atoms with Gasteiger partial charge in [-0.2, -0.15) is 0 Å². The molecule has 1 aromatic rings. The molecule has 1 saturated carbocycles. The molecule has 0 spiro atoms.